The molecule has 0 N–H and O–H groups in total. The Labute approximate surface area is 74.9 Å². The summed E-state index contributed by atoms with van der Waals surface area (Å²) in [5.74, 6) is 0. The molecular formula is C10H20FN. The molecule has 0 unspecified atom stereocenters. The van der Waals surface area contributed by atoms with Crippen molar-refractivity contribution in [1.82, 2.24) is 4.90 Å². The first kappa shape index (κ1) is 9.97. The van der Waals surface area contributed by atoms with Gasteiger partial charge in [0.25, 0.3) is 0 Å². The van der Waals surface area contributed by atoms with Gasteiger partial charge in [-0.25, -0.2) is 4.39 Å². The smallest absolute Gasteiger partial charge is 0.115 e. The average Bonchev–Trinajstić information content (AvgIpc) is 2.28. The quantitative estimate of drug-likeness (QED) is 0.634. The van der Waals surface area contributed by atoms with Crippen LogP contribution < -0.4 is 0 Å². The van der Waals surface area contributed by atoms with Gasteiger partial charge in [0, 0.05) is 12.1 Å². The fraction of sp³-hybridized carbons (Fsp3) is 1.00. The van der Waals surface area contributed by atoms with Crippen LogP contribution in [0.15, 0.2) is 0 Å². The summed E-state index contributed by atoms with van der Waals surface area (Å²) in [5, 5.41) is 0. The van der Waals surface area contributed by atoms with Crippen molar-refractivity contribution in [2.75, 3.05) is 13.6 Å². The second-order valence-electron chi connectivity index (χ2n) is 4.01. The maximum Gasteiger partial charge on any atom is 0.115 e. The van der Waals surface area contributed by atoms with Gasteiger partial charge in [-0.05, 0) is 26.3 Å². The van der Waals surface area contributed by atoms with Crippen LogP contribution >= 0.6 is 0 Å². The minimum Gasteiger partial charge on any atom is -0.298 e. The predicted octanol–water partition coefficient (Wildman–Crippen LogP) is 2.61. The number of likely N-dealkylation sites (tertiary alicyclic amines) is 1. The highest BCUT2D eigenvalue weighted by Gasteiger charge is 2.41. The van der Waals surface area contributed by atoms with Crippen molar-refractivity contribution in [3.8, 4) is 0 Å². The summed E-state index contributed by atoms with van der Waals surface area (Å²) in [6.07, 6.45) is 3.53. The molecule has 2 atom stereocenters. The topological polar surface area (TPSA) is 3.24 Å². The van der Waals surface area contributed by atoms with Gasteiger partial charge in [0.2, 0.25) is 0 Å². The minimum atomic E-state index is -0.596. The van der Waals surface area contributed by atoms with Crippen LogP contribution in [-0.4, -0.2) is 30.2 Å². The molecule has 1 nitrogen and oxygen atoms in total. The molecule has 1 rings (SSSR count). The first-order valence-electron chi connectivity index (χ1n) is 5.00. The minimum absolute atomic E-state index is 0.175. The largest absolute Gasteiger partial charge is 0.298 e. The SMILES string of the molecule is CCC[C@@]1(CC)C[C@@H](F)CN1C. The normalized spacial score (nSPS) is 37.5. The summed E-state index contributed by atoms with van der Waals surface area (Å²) in [5.41, 5.74) is 0.175. The average molecular weight is 173 g/mol. The molecule has 2 heteroatoms. The number of halogens is 1. The number of hydrogen-bond acceptors (Lipinski definition) is 1. The third kappa shape index (κ3) is 1.63. The number of nitrogens with zero attached hydrogens (tertiary/aromatic N) is 1. The Balaban J connectivity index is 2.65. The van der Waals surface area contributed by atoms with Crippen molar-refractivity contribution < 1.29 is 4.39 Å². The van der Waals surface area contributed by atoms with E-state index in [0.29, 0.717) is 6.54 Å². The highest BCUT2D eigenvalue weighted by molar-refractivity contribution is 4.96. The van der Waals surface area contributed by atoms with Crippen LogP contribution in [0.1, 0.15) is 39.5 Å². The van der Waals surface area contributed by atoms with Crippen molar-refractivity contribution in [1.29, 1.82) is 0 Å². The zero-order chi connectivity index (χ0) is 9.19. The van der Waals surface area contributed by atoms with Crippen LogP contribution in [0.4, 0.5) is 4.39 Å². The molecule has 0 aromatic carbocycles. The lowest BCUT2D eigenvalue weighted by Gasteiger charge is -2.34. The first-order chi connectivity index (χ1) is 5.64. The zero-order valence-corrected chi connectivity index (χ0v) is 8.44. The van der Waals surface area contributed by atoms with E-state index in [4.69, 9.17) is 0 Å². The fourth-order valence-electron chi connectivity index (χ4n) is 2.47. The summed E-state index contributed by atoms with van der Waals surface area (Å²) in [6, 6.07) is 0. The molecule has 0 aromatic rings. The van der Waals surface area contributed by atoms with E-state index in [2.05, 4.69) is 25.8 Å². The molecule has 0 bridgehead atoms. The van der Waals surface area contributed by atoms with Crippen molar-refractivity contribution in [2.24, 2.45) is 0 Å². The summed E-state index contributed by atoms with van der Waals surface area (Å²) < 4.78 is 13.1. The molecule has 1 aliphatic rings. The van der Waals surface area contributed by atoms with E-state index in [0.717, 1.165) is 25.7 Å². The van der Waals surface area contributed by atoms with Crippen molar-refractivity contribution in [3.05, 3.63) is 0 Å². The number of hydrogen-bond donors (Lipinski definition) is 0. The Morgan fingerprint density at radius 3 is 2.50 bits per heavy atom. The molecule has 0 saturated carbocycles. The van der Waals surface area contributed by atoms with Gasteiger partial charge in [-0.3, -0.25) is 4.90 Å². The van der Waals surface area contributed by atoms with Gasteiger partial charge in [0.05, 0.1) is 0 Å². The van der Waals surface area contributed by atoms with Crippen molar-refractivity contribution in [2.45, 2.75) is 51.2 Å². The van der Waals surface area contributed by atoms with E-state index < -0.39 is 6.17 Å². The second kappa shape index (κ2) is 3.73. The molecule has 1 saturated heterocycles. The Morgan fingerprint density at radius 2 is 2.17 bits per heavy atom. The summed E-state index contributed by atoms with van der Waals surface area (Å²) in [4.78, 5) is 2.21. The molecule has 0 amide bonds. The van der Waals surface area contributed by atoms with Gasteiger partial charge in [-0.2, -0.15) is 0 Å². The third-order valence-electron chi connectivity index (χ3n) is 3.26. The van der Waals surface area contributed by atoms with Crippen LogP contribution in [0.3, 0.4) is 0 Å². The molecular weight excluding hydrogens is 153 g/mol. The maximum atomic E-state index is 13.1. The Bertz CT molecular complexity index is 149. The summed E-state index contributed by atoms with van der Waals surface area (Å²) in [6.45, 7) is 4.98. The standard InChI is InChI=1S/C10H20FN/c1-4-6-10(5-2)7-9(11)8-12(10)3/h9H,4-8H2,1-3H3/t9-,10+/m1/s1. The predicted molar refractivity (Wildman–Crippen MR) is 50.1 cm³/mol. The molecule has 1 heterocycles. The number of rotatable bonds is 3. The van der Waals surface area contributed by atoms with E-state index in [1.54, 1.807) is 0 Å². The van der Waals surface area contributed by atoms with Crippen molar-refractivity contribution >= 4 is 0 Å². The molecule has 0 spiro atoms. The first-order valence-corrected chi connectivity index (χ1v) is 5.00. The van der Waals surface area contributed by atoms with Gasteiger partial charge < -0.3 is 0 Å². The molecule has 1 aliphatic heterocycles. The highest BCUT2D eigenvalue weighted by atomic mass is 19.1. The van der Waals surface area contributed by atoms with E-state index in [9.17, 15) is 4.39 Å². The summed E-state index contributed by atoms with van der Waals surface area (Å²) in [7, 11) is 2.05. The lowest BCUT2D eigenvalue weighted by molar-refractivity contribution is 0.153. The van der Waals surface area contributed by atoms with Gasteiger partial charge in [0.15, 0.2) is 0 Å². The fourth-order valence-corrected chi connectivity index (χ4v) is 2.47. The number of alkyl halides is 1. The second-order valence-corrected chi connectivity index (χ2v) is 4.01. The Kier molecular flexibility index (Phi) is 3.10. The van der Waals surface area contributed by atoms with E-state index >= 15 is 0 Å². The van der Waals surface area contributed by atoms with Crippen LogP contribution in [0.2, 0.25) is 0 Å². The van der Waals surface area contributed by atoms with Gasteiger partial charge >= 0.3 is 0 Å². The lowest BCUT2D eigenvalue weighted by Crippen LogP contribution is -2.40. The third-order valence-corrected chi connectivity index (χ3v) is 3.26. The lowest BCUT2D eigenvalue weighted by atomic mass is 9.88. The molecule has 0 aromatic heterocycles. The molecule has 1 fully saturated rings. The van der Waals surface area contributed by atoms with Gasteiger partial charge in [0.1, 0.15) is 6.17 Å². The van der Waals surface area contributed by atoms with E-state index in [1.165, 1.54) is 0 Å². The van der Waals surface area contributed by atoms with Crippen LogP contribution in [-0.2, 0) is 0 Å². The molecule has 12 heavy (non-hydrogen) atoms. The highest BCUT2D eigenvalue weighted by Crippen LogP contribution is 2.36. The van der Waals surface area contributed by atoms with Gasteiger partial charge in [-0.15, -0.1) is 0 Å². The summed E-state index contributed by atoms with van der Waals surface area (Å²) >= 11 is 0. The van der Waals surface area contributed by atoms with Crippen molar-refractivity contribution in [3.63, 3.8) is 0 Å². The molecule has 0 aliphatic carbocycles. The monoisotopic (exact) mass is 173 g/mol. The van der Waals surface area contributed by atoms with E-state index in [-0.39, 0.29) is 5.54 Å². The molecule has 0 radical (unpaired) electrons. The van der Waals surface area contributed by atoms with Crippen LogP contribution in [0.5, 0.6) is 0 Å². The molecule has 72 valence electrons. The Morgan fingerprint density at radius 1 is 1.50 bits per heavy atom. The Hall–Kier alpha value is -0.110. The van der Waals surface area contributed by atoms with Crippen LogP contribution in [0.25, 0.3) is 0 Å². The van der Waals surface area contributed by atoms with Gasteiger partial charge in [-0.1, -0.05) is 20.3 Å². The van der Waals surface area contributed by atoms with E-state index in [1.807, 2.05) is 0 Å². The van der Waals surface area contributed by atoms with Crippen LogP contribution in [0, 0.1) is 0 Å². The zero-order valence-electron chi connectivity index (χ0n) is 8.44. The maximum absolute atomic E-state index is 13.1.